The van der Waals surface area contributed by atoms with E-state index in [9.17, 15) is 4.79 Å². The van der Waals surface area contributed by atoms with Crippen LogP contribution in [-0.2, 0) is 4.79 Å². The van der Waals surface area contributed by atoms with Crippen LogP contribution in [-0.4, -0.2) is 13.0 Å². The smallest absolute Gasteiger partial charge is 0.228 e. The van der Waals surface area contributed by atoms with Crippen LogP contribution < -0.4 is 10.1 Å². The maximum atomic E-state index is 11.0. The number of ether oxygens (including phenoxy) is 1. The van der Waals surface area contributed by atoms with Crippen molar-refractivity contribution in [3.8, 4) is 5.75 Å². The van der Waals surface area contributed by atoms with Crippen molar-refractivity contribution in [2.45, 2.75) is 6.42 Å². The van der Waals surface area contributed by atoms with Crippen molar-refractivity contribution in [1.82, 2.24) is 5.32 Å². The van der Waals surface area contributed by atoms with E-state index < -0.39 is 0 Å². The summed E-state index contributed by atoms with van der Waals surface area (Å²) >= 11 is 0. The number of benzene rings is 1. The van der Waals surface area contributed by atoms with Crippen LogP contribution in [0.2, 0.25) is 0 Å². The molecule has 1 aromatic rings. The molecule has 1 aromatic carbocycles. The van der Waals surface area contributed by atoms with Gasteiger partial charge in [0.15, 0.2) is 0 Å². The molecule has 0 fully saturated rings. The summed E-state index contributed by atoms with van der Waals surface area (Å²) in [6, 6.07) is 7.67. The lowest BCUT2D eigenvalue weighted by Crippen LogP contribution is -2.08. The Morgan fingerprint density at radius 3 is 2.50 bits per heavy atom. The Bertz CT molecular complexity index is 379. The maximum Gasteiger partial charge on any atom is 0.228 e. The second-order valence-electron chi connectivity index (χ2n) is 3.14. The Morgan fingerprint density at radius 1 is 1.29 bits per heavy atom. The summed E-state index contributed by atoms with van der Waals surface area (Å²) in [6.07, 6.45) is 2.22. The molecule has 1 aliphatic heterocycles. The number of amides is 1. The molecule has 0 radical (unpaired) electrons. The number of hydrogen-bond donors (Lipinski definition) is 1. The monoisotopic (exact) mass is 189 g/mol. The molecule has 0 saturated heterocycles. The van der Waals surface area contributed by atoms with Crippen molar-refractivity contribution in [2.75, 3.05) is 7.11 Å². The summed E-state index contributed by atoms with van der Waals surface area (Å²) in [5, 5.41) is 2.66. The van der Waals surface area contributed by atoms with Gasteiger partial charge in [-0.1, -0.05) is 12.1 Å². The van der Waals surface area contributed by atoms with Crippen LogP contribution in [0.4, 0.5) is 0 Å². The largest absolute Gasteiger partial charge is 0.497 e. The van der Waals surface area contributed by atoms with E-state index in [1.807, 2.05) is 24.3 Å². The molecule has 1 aliphatic rings. The molecule has 14 heavy (non-hydrogen) atoms. The third kappa shape index (κ3) is 1.62. The molecule has 0 atom stereocenters. The van der Waals surface area contributed by atoms with Gasteiger partial charge in [0, 0.05) is 6.20 Å². The van der Waals surface area contributed by atoms with Crippen LogP contribution in [0, 0.1) is 0 Å². The van der Waals surface area contributed by atoms with Crippen molar-refractivity contribution in [2.24, 2.45) is 0 Å². The van der Waals surface area contributed by atoms with Crippen LogP contribution in [0.1, 0.15) is 12.0 Å². The van der Waals surface area contributed by atoms with Gasteiger partial charge in [-0.2, -0.15) is 0 Å². The standard InChI is InChI=1S/C11H11NO2/c1-14-10-4-2-8(3-5-10)9-6-11(13)12-7-9/h2-5,7H,6H2,1H3,(H,12,13). The first-order valence-electron chi connectivity index (χ1n) is 4.42. The predicted molar refractivity (Wildman–Crippen MR) is 53.7 cm³/mol. The van der Waals surface area contributed by atoms with Crippen molar-refractivity contribution >= 4 is 11.5 Å². The minimum atomic E-state index is 0.0517. The Morgan fingerprint density at radius 2 is 2.00 bits per heavy atom. The van der Waals surface area contributed by atoms with E-state index >= 15 is 0 Å². The third-order valence-corrected chi connectivity index (χ3v) is 2.22. The molecule has 3 nitrogen and oxygen atoms in total. The van der Waals surface area contributed by atoms with E-state index in [2.05, 4.69) is 5.32 Å². The van der Waals surface area contributed by atoms with E-state index in [4.69, 9.17) is 4.74 Å². The van der Waals surface area contributed by atoms with Gasteiger partial charge < -0.3 is 10.1 Å². The molecule has 0 saturated carbocycles. The zero-order valence-electron chi connectivity index (χ0n) is 7.91. The summed E-state index contributed by atoms with van der Waals surface area (Å²) in [7, 11) is 1.63. The summed E-state index contributed by atoms with van der Waals surface area (Å²) in [4.78, 5) is 11.0. The Labute approximate surface area is 82.4 Å². The lowest BCUT2D eigenvalue weighted by atomic mass is 10.1. The van der Waals surface area contributed by atoms with Crippen molar-refractivity contribution in [1.29, 1.82) is 0 Å². The van der Waals surface area contributed by atoms with E-state index in [-0.39, 0.29) is 5.91 Å². The number of hydrogen-bond acceptors (Lipinski definition) is 2. The third-order valence-electron chi connectivity index (χ3n) is 2.22. The van der Waals surface area contributed by atoms with Gasteiger partial charge in [-0.25, -0.2) is 0 Å². The minimum Gasteiger partial charge on any atom is -0.497 e. The lowest BCUT2D eigenvalue weighted by molar-refractivity contribution is -0.118. The number of carbonyl (C=O) groups is 1. The molecule has 3 heteroatoms. The molecule has 2 rings (SSSR count). The Kier molecular flexibility index (Phi) is 2.23. The second-order valence-corrected chi connectivity index (χ2v) is 3.14. The van der Waals surface area contributed by atoms with E-state index in [1.54, 1.807) is 13.3 Å². The fourth-order valence-electron chi connectivity index (χ4n) is 1.43. The average molecular weight is 189 g/mol. The van der Waals surface area contributed by atoms with Crippen molar-refractivity contribution in [3.05, 3.63) is 36.0 Å². The normalized spacial score (nSPS) is 14.9. The predicted octanol–water partition coefficient (Wildman–Crippen LogP) is 1.56. The van der Waals surface area contributed by atoms with Crippen LogP contribution in [0.3, 0.4) is 0 Å². The second kappa shape index (κ2) is 3.54. The van der Waals surface area contributed by atoms with Gasteiger partial charge in [0.05, 0.1) is 13.5 Å². The zero-order valence-corrected chi connectivity index (χ0v) is 7.91. The Balaban J connectivity index is 2.21. The summed E-state index contributed by atoms with van der Waals surface area (Å²) in [5.41, 5.74) is 2.09. The van der Waals surface area contributed by atoms with Gasteiger partial charge in [-0.3, -0.25) is 4.79 Å². The van der Waals surface area contributed by atoms with Crippen LogP contribution in [0.15, 0.2) is 30.5 Å². The summed E-state index contributed by atoms with van der Waals surface area (Å²) < 4.78 is 5.05. The van der Waals surface area contributed by atoms with Crippen LogP contribution in [0.5, 0.6) is 5.75 Å². The van der Waals surface area contributed by atoms with E-state index in [1.165, 1.54) is 0 Å². The van der Waals surface area contributed by atoms with Gasteiger partial charge in [0.2, 0.25) is 5.91 Å². The molecule has 1 amide bonds. The van der Waals surface area contributed by atoms with Gasteiger partial charge in [0.25, 0.3) is 0 Å². The fraction of sp³-hybridized carbons (Fsp3) is 0.182. The molecule has 1 N–H and O–H groups in total. The first-order valence-corrected chi connectivity index (χ1v) is 4.42. The first-order chi connectivity index (χ1) is 6.79. The highest BCUT2D eigenvalue weighted by Gasteiger charge is 2.13. The van der Waals surface area contributed by atoms with E-state index in [0.29, 0.717) is 6.42 Å². The Hall–Kier alpha value is -1.77. The lowest BCUT2D eigenvalue weighted by Gasteiger charge is -2.02. The molecule has 72 valence electrons. The molecule has 1 heterocycles. The highest BCUT2D eigenvalue weighted by Crippen LogP contribution is 2.23. The summed E-state index contributed by atoms with van der Waals surface area (Å²) in [6.45, 7) is 0. The zero-order chi connectivity index (χ0) is 9.97. The topological polar surface area (TPSA) is 38.3 Å². The molecule has 0 spiro atoms. The van der Waals surface area contributed by atoms with Gasteiger partial charge >= 0.3 is 0 Å². The van der Waals surface area contributed by atoms with Crippen molar-refractivity contribution < 1.29 is 9.53 Å². The average Bonchev–Trinajstić information content (AvgIpc) is 2.65. The van der Waals surface area contributed by atoms with Gasteiger partial charge in [0.1, 0.15) is 5.75 Å². The first kappa shape index (κ1) is 8.81. The molecular weight excluding hydrogens is 178 g/mol. The quantitative estimate of drug-likeness (QED) is 0.766. The minimum absolute atomic E-state index is 0.0517. The van der Waals surface area contributed by atoms with Crippen LogP contribution in [0.25, 0.3) is 5.57 Å². The molecule has 0 bridgehead atoms. The molecule has 0 aromatic heterocycles. The van der Waals surface area contributed by atoms with Gasteiger partial charge in [-0.05, 0) is 23.3 Å². The molecule has 0 aliphatic carbocycles. The van der Waals surface area contributed by atoms with E-state index in [0.717, 1.165) is 16.9 Å². The maximum absolute atomic E-state index is 11.0. The highest BCUT2D eigenvalue weighted by atomic mass is 16.5. The van der Waals surface area contributed by atoms with Gasteiger partial charge in [-0.15, -0.1) is 0 Å². The number of carbonyl (C=O) groups excluding carboxylic acids is 1. The fourth-order valence-corrected chi connectivity index (χ4v) is 1.43. The van der Waals surface area contributed by atoms with Crippen molar-refractivity contribution in [3.63, 3.8) is 0 Å². The highest BCUT2D eigenvalue weighted by molar-refractivity contribution is 5.94. The number of nitrogens with one attached hydrogen (secondary N) is 1. The number of rotatable bonds is 2. The summed E-state index contributed by atoms with van der Waals surface area (Å²) in [5.74, 6) is 0.877. The van der Waals surface area contributed by atoms with Crippen LogP contribution >= 0.6 is 0 Å². The molecule has 0 unspecified atom stereocenters. The molecular formula is C11H11NO2. The number of methoxy groups -OCH3 is 1. The SMILES string of the molecule is COc1ccc(C2=CNC(=O)C2)cc1.